The van der Waals surface area contributed by atoms with Crippen LogP contribution in [0.5, 0.6) is 5.75 Å². The van der Waals surface area contributed by atoms with E-state index in [0.717, 1.165) is 34.1 Å². The summed E-state index contributed by atoms with van der Waals surface area (Å²) in [6.07, 6.45) is 1.88. The lowest BCUT2D eigenvalue weighted by Crippen LogP contribution is -2.15. The second-order valence-electron chi connectivity index (χ2n) is 6.89. The van der Waals surface area contributed by atoms with E-state index < -0.39 is 20.4 Å². The van der Waals surface area contributed by atoms with Gasteiger partial charge in [-0.25, -0.2) is 3.63 Å². The van der Waals surface area contributed by atoms with E-state index in [4.69, 9.17) is 3.63 Å². The van der Waals surface area contributed by atoms with Crippen molar-refractivity contribution in [2.24, 2.45) is 0 Å². The van der Waals surface area contributed by atoms with Gasteiger partial charge >= 0.3 is 10.1 Å². The summed E-state index contributed by atoms with van der Waals surface area (Å²) in [6.45, 7) is 1.92. The summed E-state index contributed by atoms with van der Waals surface area (Å²) >= 11 is 0. The highest BCUT2D eigenvalue weighted by Crippen LogP contribution is 2.64. The van der Waals surface area contributed by atoms with Crippen molar-refractivity contribution in [1.29, 1.82) is 0 Å². The Bertz CT molecular complexity index is 1080. The van der Waals surface area contributed by atoms with Crippen LogP contribution in [-0.4, -0.2) is 25.0 Å². The normalized spacial score (nSPS) is 17.8. The van der Waals surface area contributed by atoms with E-state index in [9.17, 15) is 13.5 Å². The van der Waals surface area contributed by atoms with E-state index in [-0.39, 0.29) is 10.6 Å². The van der Waals surface area contributed by atoms with Gasteiger partial charge in [0.15, 0.2) is 0 Å². The Morgan fingerprint density at radius 2 is 1.52 bits per heavy atom. The molecule has 142 valence electrons. The highest BCUT2D eigenvalue weighted by molar-refractivity contribution is 8.33. The van der Waals surface area contributed by atoms with Crippen LogP contribution in [0.3, 0.4) is 0 Å². The maximum absolute atomic E-state index is 13.0. The smallest absolute Gasteiger partial charge is 0.306 e. The first-order valence-electron chi connectivity index (χ1n) is 8.94. The van der Waals surface area contributed by atoms with Crippen LogP contribution < -0.4 is 0 Å². The first kappa shape index (κ1) is 18.3. The second kappa shape index (κ2) is 6.86. The predicted molar refractivity (Wildman–Crippen MR) is 110 cm³/mol. The molecular weight excluding hydrogens is 380 g/mol. The zero-order valence-corrected chi connectivity index (χ0v) is 16.7. The maximum Gasteiger partial charge on any atom is 0.306 e. The standard InChI is InChI=1S/C21H22O4S2/c1-16-8-10-17(11-9-16)27(23,24)25-26(14-4-5-15-26)21-13-12-20(22)18-6-2-3-7-19(18)21/h2-3,6-13,22H,4-5,14-15H2,1H3. The molecule has 0 aromatic heterocycles. The van der Waals surface area contributed by atoms with Crippen molar-refractivity contribution in [2.45, 2.75) is 29.6 Å². The molecule has 0 bridgehead atoms. The van der Waals surface area contributed by atoms with E-state index in [1.165, 1.54) is 0 Å². The summed E-state index contributed by atoms with van der Waals surface area (Å²) in [5.74, 6) is 1.63. The van der Waals surface area contributed by atoms with Gasteiger partial charge < -0.3 is 5.11 Å². The molecule has 1 N–H and O–H groups in total. The third-order valence-electron chi connectivity index (χ3n) is 4.99. The van der Waals surface area contributed by atoms with Crippen molar-refractivity contribution in [3.05, 3.63) is 66.2 Å². The summed E-state index contributed by atoms with van der Waals surface area (Å²) in [6, 6.07) is 17.8. The first-order chi connectivity index (χ1) is 12.9. The number of rotatable bonds is 4. The molecule has 0 spiro atoms. The van der Waals surface area contributed by atoms with Crippen LogP contribution in [0.15, 0.2) is 70.5 Å². The molecule has 1 fully saturated rings. The summed E-state index contributed by atoms with van der Waals surface area (Å²) in [4.78, 5) is 1.10. The molecule has 0 atom stereocenters. The molecule has 1 saturated heterocycles. The Balaban J connectivity index is 1.83. The van der Waals surface area contributed by atoms with Gasteiger partial charge in [-0.1, -0.05) is 52.3 Å². The van der Waals surface area contributed by atoms with Crippen molar-refractivity contribution in [3.8, 4) is 5.75 Å². The lowest BCUT2D eigenvalue weighted by atomic mass is 10.1. The van der Waals surface area contributed by atoms with E-state index in [0.29, 0.717) is 11.5 Å². The molecule has 4 rings (SSSR count). The van der Waals surface area contributed by atoms with Crippen LogP contribution in [0, 0.1) is 6.92 Å². The number of phenolic OH excluding ortho intramolecular Hbond substituents is 1. The largest absolute Gasteiger partial charge is 0.507 e. The van der Waals surface area contributed by atoms with Crippen molar-refractivity contribution < 1.29 is 17.2 Å². The topological polar surface area (TPSA) is 63.6 Å². The SMILES string of the molecule is Cc1ccc(S(=O)(=O)OS2(c3ccc(O)c4ccccc34)CCCC2)cc1. The fraction of sp³-hybridized carbons (Fsp3) is 0.238. The highest BCUT2D eigenvalue weighted by Gasteiger charge is 2.38. The molecule has 1 aliphatic rings. The summed E-state index contributed by atoms with van der Waals surface area (Å²) in [7, 11) is -5.87. The minimum Gasteiger partial charge on any atom is -0.507 e. The molecule has 27 heavy (non-hydrogen) atoms. The quantitative estimate of drug-likeness (QED) is 0.657. The average molecular weight is 403 g/mol. The van der Waals surface area contributed by atoms with Crippen molar-refractivity contribution in [3.63, 3.8) is 0 Å². The third-order valence-corrected chi connectivity index (χ3v) is 10.7. The van der Waals surface area contributed by atoms with Crippen LogP contribution in [0.4, 0.5) is 0 Å². The van der Waals surface area contributed by atoms with Gasteiger partial charge in [0.05, 0.1) is 4.90 Å². The zero-order valence-electron chi connectivity index (χ0n) is 15.1. The van der Waals surface area contributed by atoms with Crippen LogP contribution in [0.25, 0.3) is 10.8 Å². The molecule has 0 saturated carbocycles. The van der Waals surface area contributed by atoms with Gasteiger partial charge in [0.2, 0.25) is 0 Å². The summed E-state index contributed by atoms with van der Waals surface area (Å²) < 4.78 is 32.1. The van der Waals surface area contributed by atoms with Gasteiger partial charge in [0.25, 0.3) is 0 Å². The number of hydrogen-bond donors (Lipinski definition) is 1. The Morgan fingerprint density at radius 3 is 2.19 bits per heavy atom. The molecule has 0 unspecified atom stereocenters. The van der Waals surface area contributed by atoms with Gasteiger partial charge in [-0.2, -0.15) is 8.42 Å². The first-order valence-corrected chi connectivity index (χ1v) is 12.2. The monoisotopic (exact) mass is 402 g/mol. The Labute approximate surface area is 161 Å². The maximum atomic E-state index is 13.0. The van der Waals surface area contributed by atoms with Crippen LogP contribution in [0.1, 0.15) is 18.4 Å². The Hall–Kier alpha value is -2.02. The highest BCUT2D eigenvalue weighted by atomic mass is 32.3. The average Bonchev–Trinajstić information content (AvgIpc) is 3.11. The second-order valence-corrected chi connectivity index (χ2v) is 11.7. The molecule has 3 aromatic rings. The van der Waals surface area contributed by atoms with E-state index in [1.54, 1.807) is 30.3 Å². The minimum atomic E-state index is -3.87. The summed E-state index contributed by atoms with van der Waals surface area (Å²) in [5, 5.41) is 11.8. The number of phenols is 1. The lowest BCUT2D eigenvalue weighted by Gasteiger charge is -2.35. The fourth-order valence-electron chi connectivity index (χ4n) is 3.59. The minimum absolute atomic E-state index is 0.190. The van der Waals surface area contributed by atoms with Gasteiger partial charge in [-0.15, -0.1) is 0 Å². The van der Waals surface area contributed by atoms with Gasteiger partial charge in [0, 0.05) is 21.8 Å². The van der Waals surface area contributed by atoms with Crippen LogP contribution >= 0.6 is 10.3 Å². The molecule has 3 aromatic carbocycles. The molecule has 0 aliphatic carbocycles. The van der Waals surface area contributed by atoms with Crippen molar-refractivity contribution in [1.82, 2.24) is 0 Å². The fourth-order valence-corrected chi connectivity index (χ4v) is 9.47. The molecule has 0 amide bonds. The van der Waals surface area contributed by atoms with E-state index in [1.807, 2.05) is 37.3 Å². The van der Waals surface area contributed by atoms with Crippen molar-refractivity contribution >= 4 is 31.2 Å². The van der Waals surface area contributed by atoms with E-state index in [2.05, 4.69) is 0 Å². The number of aromatic hydroxyl groups is 1. The van der Waals surface area contributed by atoms with E-state index >= 15 is 0 Å². The molecular formula is C21H22O4S2. The van der Waals surface area contributed by atoms with Crippen LogP contribution in [-0.2, 0) is 13.7 Å². The Morgan fingerprint density at radius 1 is 0.889 bits per heavy atom. The molecule has 6 heteroatoms. The third kappa shape index (κ3) is 3.33. The molecule has 0 radical (unpaired) electrons. The number of fused-ring (bicyclic) bond motifs is 1. The number of aryl methyl sites for hydroxylation is 1. The lowest BCUT2D eigenvalue weighted by molar-refractivity contribution is 0.481. The number of benzene rings is 3. The van der Waals surface area contributed by atoms with Gasteiger partial charge in [0.1, 0.15) is 5.75 Å². The predicted octanol–water partition coefficient (Wildman–Crippen LogP) is 5.13. The molecule has 4 nitrogen and oxygen atoms in total. The van der Waals surface area contributed by atoms with Crippen LogP contribution in [0.2, 0.25) is 0 Å². The molecule has 1 aliphatic heterocycles. The summed E-state index contributed by atoms with van der Waals surface area (Å²) in [5.41, 5.74) is 1.00. The van der Waals surface area contributed by atoms with Gasteiger partial charge in [-0.3, -0.25) is 0 Å². The van der Waals surface area contributed by atoms with Gasteiger partial charge in [-0.05, 0) is 49.4 Å². The van der Waals surface area contributed by atoms with Crippen molar-refractivity contribution in [2.75, 3.05) is 11.5 Å². The zero-order chi connectivity index (χ0) is 19.1. The number of hydrogen-bond acceptors (Lipinski definition) is 4. The Kier molecular flexibility index (Phi) is 4.66. The molecule has 1 heterocycles.